The molecule has 0 amide bonds. The minimum atomic E-state index is -0.520. The Morgan fingerprint density at radius 2 is 1.69 bits per heavy atom. The van der Waals surface area contributed by atoms with E-state index in [2.05, 4.69) is 17.5 Å². The van der Waals surface area contributed by atoms with Crippen LogP contribution >= 0.6 is 0 Å². The van der Waals surface area contributed by atoms with Gasteiger partial charge >= 0.3 is 0 Å². The van der Waals surface area contributed by atoms with E-state index in [0.717, 1.165) is 24.3 Å². The van der Waals surface area contributed by atoms with Gasteiger partial charge in [-0.1, -0.05) is 12.2 Å². The largest absolute Gasteiger partial charge is 0.311 e. The normalized spacial score (nSPS) is 35.4. The third-order valence-corrected chi connectivity index (χ3v) is 4.25. The van der Waals surface area contributed by atoms with Crippen LogP contribution in [-0.4, -0.2) is 27.8 Å². The fourth-order valence-electron chi connectivity index (χ4n) is 2.05. The van der Waals surface area contributed by atoms with Crippen molar-refractivity contribution in [2.45, 2.75) is 37.8 Å². The lowest BCUT2D eigenvalue weighted by molar-refractivity contribution is 0.413. The van der Waals surface area contributed by atoms with E-state index in [-0.39, 0.29) is 0 Å². The lowest BCUT2D eigenvalue weighted by Crippen LogP contribution is -2.41. The molecule has 1 heterocycles. The van der Waals surface area contributed by atoms with Crippen LogP contribution in [0.5, 0.6) is 0 Å². The van der Waals surface area contributed by atoms with Gasteiger partial charge in [-0.05, 0) is 25.7 Å². The second-order valence-corrected chi connectivity index (χ2v) is 5.62. The monoisotopic (exact) mass is 199 g/mol. The van der Waals surface area contributed by atoms with E-state index in [9.17, 15) is 4.21 Å². The van der Waals surface area contributed by atoms with Crippen molar-refractivity contribution in [1.82, 2.24) is 5.32 Å². The first-order valence-electron chi connectivity index (χ1n) is 5.10. The summed E-state index contributed by atoms with van der Waals surface area (Å²) in [5.41, 5.74) is 0. The molecule has 0 spiro atoms. The molecule has 0 aromatic carbocycles. The van der Waals surface area contributed by atoms with Gasteiger partial charge in [0.2, 0.25) is 0 Å². The second kappa shape index (κ2) is 4.38. The predicted molar refractivity (Wildman–Crippen MR) is 56.2 cm³/mol. The van der Waals surface area contributed by atoms with E-state index in [0.29, 0.717) is 12.1 Å². The number of nitrogens with one attached hydrogen (secondary N) is 1. The van der Waals surface area contributed by atoms with Crippen molar-refractivity contribution in [1.29, 1.82) is 0 Å². The van der Waals surface area contributed by atoms with Crippen LogP contribution in [0.3, 0.4) is 0 Å². The van der Waals surface area contributed by atoms with Crippen LogP contribution in [0.25, 0.3) is 0 Å². The molecule has 1 saturated heterocycles. The van der Waals surface area contributed by atoms with E-state index >= 15 is 0 Å². The average molecular weight is 199 g/mol. The van der Waals surface area contributed by atoms with Crippen LogP contribution in [0.1, 0.15) is 25.7 Å². The van der Waals surface area contributed by atoms with Gasteiger partial charge in [-0.3, -0.25) is 4.21 Å². The Kier molecular flexibility index (Phi) is 3.17. The summed E-state index contributed by atoms with van der Waals surface area (Å²) in [5, 5.41) is 3.64. The molecule has 13 heavy (non-hydrogen) atoms. The van der Waals surface area contributed by atoms with Gasteiger partial charge in [-0.25, -0.2) is 0 Å². The quantitative estimate of drug-likeness (QED) is 0.677. The van der Waals surface area contributed by atoms with E-state index < -0.39 is 10.8 Å². The lowest BCUT2D eigenvalue weighted by Gasteiger charge is -2.25. The summed E-state index contributed by atoms with van der Waals surface area (Å²) in [6, 6.07) is 1.29. The van der Waals surface area contributed by atoms with E-state index in [1.807, 2.05) is 0 Å². The van der Waals surface area contributed by atoms with Gasteiger partial charge in [0, 0.05) is 34.4 Å². The van der Waals surface area contributed by atoms with Gasteiger partial charge in [-0.15, -0.1) is 0 Å². The maximum absolute atomic E-state index is 11.1. The first-order chi connectivity index (χ1) is 6.34. The lowest BCUT2D eigenvalue weighted by atomic mass is 10.1. The molecule has 0 aromatic heterocycles. The molecule has 2 rings (SSSR count). The smallest absolute Gasteiger partial charge is 0.0249 e. The highest BCUT2D eigenvalue weighted by Gasteiger charge is 2.20. The maximum atomic E-state index is 11.1. The molecule has 1 N–H and O–H groups in total. The summed E-state index contributed by atoms with van der Waals surface area (Å²) in [6.45, 7) is 0. The molecule has 74 valence electrons. The van der Waals surface area contributed by atoms with Crippen LogP contribution in [0, 0.1) is 0 Å². The summed E-state index contributed by atoms with van der Waals surface area (Å²) >= 11 is 0. The van der Waals surface area contributed by atoms with Gasteiger partial charge in [0.15, 0.2) is 0 Å². The molecule has 0 saturated carbocycles. The molecule has 0 aromatic rings. The standard InChI is InChI=1S/C10H17NOS/c12-13-7-5-10(6-8-13)11-9-3-1-2-4-9/h1-2,9-11H,3-8H2. The third-order valence-electron chi connectivity index (χ3n) is 2.87. The van der Waals surface area contributed by atoms with E-state index in [1.165, 1.54) is 12.8 Å². The SMILES string of the molecule is O=S1CCC(NC2CC=CC2)CC1. The molecule has 1 aliphatic carbocycles. The Hall–Kier alpha value is -0.150. The zero-order valence-electron chi connectivity index (χ0n) is 7.87. The van der Waals surface area contributed by atoms with Crippen LogP contribution in [0.15, 0.2) is 12.2 Å². The summed E-state index contributed by atoms with van der Waals surface area (Å²) in [4.78, 5) is 0. The molecule has 2 nitrogen and oxygen atoms in total. The molecule has 2 aliphatic rings. The third kappa shape index (κ3) is 2.64. The second-order valence-electron chi connectivity index (χ2n) is 3.93. The molecule has 1 fully saturated rings. The van der Waals surface area contributed by atoms with Crippen molar-refractivity contribution in [3.8, 4) is 0 Å². The summed E-state index contributed by atoms with van der Waals surface area (Å²) in [7, 11) is -0.520. The molecule has 0 atom stereocenters. The molecule has 0 unspecified atom stereocenters. The van der Waals surface area contributed by atoms with Crippen molar-refractivity contribution in [2.75, 3.05) is 11.5 Å². The topological polar surface area (TPSA) is 29.1 Å². The first kappa shape index (κ1) is 9.41. The van der Waals surface area contributed by atoms with Gasteiger partial charge in [-0.2, -0.15) is 0 Å². The predicted octanol–water partition coefficient (Wildman–Crippen LogP) is 1.21. The highest BCUT2D eigenvalue weighted by Crippen LogP contribution is 2.15. The zero-order chi connectivity index (χ0) is 9.10. The molecule has 0 bridgehead atoms. The molecular formula is C10H17NOS. The summed E-state index contributed by atoms with van der Waals surface area (Å²) < 4.78 is 11.1. The van der Waals surface area contributed by atoms with Crippen molar-refractivity contribution in [3.05, 3.63) is 12.2 Å². The Balaban J connectivity index is 1.73. The molecular weight excluding hydrogens is 182 g/mol. The van der Waals surface area contributed by atoms with Gasteiger partial charge in [0.25, 0.3) is 0 Å². The van der Waals surface area contributed by atoms with E-state index in [4.69, 9.17) is 0 Å². The van der Waals surface area contributed by atoms with Crippen LogP contribution < -0.4 is 5.32 Å². The highest BCUT2D eigenvalue weighted by molar-refractivity contribution is 7.85. The van der Waals surface area contributed by atoms with Crippen molar-refractivity contribution < 1.29 is 4.21 Å². The van der Waals surface area contributed by atoms with E-state index in [1.54, 1.807) is 0 Å². The van der Waals surface area contributed by atoms with Crippen LogP contribution in [0.2, 0.25) is 0 Å². The van der Waals surface area contributed by atoms with Crippen LogP contribution in [0.4, 0.5) is 0 Å². The van der Waals surface area contributed by atoms with Crippen LogP contribution in [-0.2, 0) is 10.8 Å². The Labute approximate surface area is 82.2 Å². The fraction of sp³-hybridized carbons (Fsp3) is 0.800. The number of hydrogen-bond acceptors (Lipinski definition) is 2. The van der Waals surface area contributed by atoms with Crippen molar-refractivity contribution in [3.63, 3.8) is 0 Å². The fourth-order valence-corrected chi connectivity index (χ4v) is 3.35. The number of rotatable bonds is 2. The zero-order valence-corrected chi connectivity index (χ0v) is 8.69. The summed E-state index contributed by atoms with van der Waals surface area (Å²) in [5.74, 6) is 1.80. The average Bonchev–Trinajstić information content (AvgIpc) is 2.62. The van der Waals surface area contributed by atoms with Crippen molar-refractivity contribution in [2.24, 2.45) is 0 Å². The van der Waals surface area contributed by atoms with Gasteiger partial charge in [0.1, 0.15) is 0 Å². The minimum absolute atomic E-state index is 0.520. The maximum Gasteiger partial charge on any atom is 0.0249 e. The number of hydrogen-bond donors (Lipinski definition) is 1. The Morgan fingerprint density at radius 3 is 2.31 bits per heavy atom. The Morgan fingerprint density at radius 1 is 1.08 bits per heavy atom. The molecule has 1 aliphatic heterocycles. The summed E-state index contributed by atoms with van der Waals surface area (Å²) in [6.07, 6.45) is 9.06. The van der Waals surface area contributed by atoms with Gasteiger partial charge < -0.3 is 5.32 Å². The van der Waals surface area contributed by atoms with Gasteiger partial charge in [0.05, 0.1) is 0 Å². The first-order valence-corrected chi connectivity index (χ1v) is 6.59. The minimum Gasteiger partial charge on any atom is -0.311 e. The van der Waals surface area contributed by atoms with Crippen molar-refractivity contribution >= 4 is 10.8 Å². The highest BCUT2D eigenvalue weighted by atomic mass is 32.2. The molecule has 0 radical (unpaired) electrons. The Bertz CT molecular complexity index is 209. The molecule has 3 heteroatoms.